The highest BCUT2D eigenvalue weighted by Crippen LogP contribution is 2.23. The molecule has 4 N–H and O–H groups in total. The molecule has 0 atom stereocenters. The van der Waals surface area contributed by atoms with Gasteiger partial charge in [-0.2, -0.15) is 5.10 Å². The van der Waals surface area contributed by atoms with Crippen LogP contribution in [0, 0.1) is 0 Å². The predicted octanol–water partition coefficient (Wildman–Crippen LogP) is 1.66. The van der Waals surface area contributed by atoms with E-state index in [2.05, 4.69) is 25.9 Å². The molecule has 2 amide bonds. The minimum atomic E-state index is -0.542. The summed E-state index contributed by atoms with van der Waals surface area (Å²) in [6.07, 6.45) is 0. The molecule has 3 rings (SSSR count). The van der Waals surface area contributed by atoms with Gasteiger partial charge in [-0.25, -0.2) is 0 Å². The van der Waals surface area contributed by atoms with Crippen molar-refractivity contribution < 1.29 is 9.59 Å². The Bertz CT molecular complexity index is 1260. The highest BCUT2D eigenvalue weighted by molar-refractivity contribution is 6.03. The van der Waals surface area contributed by atoms with Gasteiger partial charge in [0.2, 0.25) is 5.91 Å². The molecule has 0 radical (unpaired) electrons. The van der Waals surface area contributed by atoms with Crippen molar-refractivity contribution in [1.82, 2.24) is 25.3 Å². The van der Waals surface area contributed by atoms with Gasteiger partial charge >= 0.3 is 0 Å². The van der Waals surface area contributed by atoms with Crippen LogP contribution in [0.4, 0.5) is 5.69 Å². The molecule has 3 aromatic rings. The summed E-state index contributed by atoms with van der Waals surface area (Å²) in [5, 5.41) is 14.2. The third-order valence-corrected chi connectivity index (χ3v) is 4.71. The summed E-state index contributed by atoms with van der Waals surface area (Å²) in [6, 6.07) is 6.27. The highest BCUT2D eigenvalue weighted by atomic mass is 16.2. The van der Waals surface area contributed by atoms with Crippen LogP contribution < -0.4 is 21.8 Å². The van der Waals surface area contributed by atoms with E-state index < -0.39 is 22.9 Å². The summed E-state index contributed by atoms with van der Waals surface area (Å²) in [5.41, 5.74) is 0.0114. The SMILES string of the molecule is CC(C)c1cc(C(=O)NCC(=O)Nc2cccc3c(=O)[nH][nH]c(=O)c23)nn1C(C)(C)C. The number of anilines is 1. The molecule has 0 saturated carbocycles. The first-order valence-corrected chi connectivity index (χ1v) is 9.91. The van der Waals surface area contributed by atoms with Crippen molar-refractivity contribution in [2.75, 3.05) is 11.9 Å². The summed E-state index contributed by atoms with van der Waals surface area (Å²) >= 11 is 0. The lowest BCUT2D eigenvalue weighted by molar-refractivity contribution is -0.115. The third kappa shape index (κ3) is 4.57. The minimum Gasteiger partial charge on any atom is -0.342 e. The van der Waals surface area contributed by atoms with E-state index in [4.69, 9.17) is 0 Å². The maximum atomic E-state index is 12.6. The first kappa shape index (κ1) is 22.0. The maximum absolute atomic E-state index is 12.6. The molecule has 0 aliphatic rings. The molecule has 0 aliphatic carbocycles. The number of aromatic amines is 2. The fourth-order valence-electron chi connectivity index (χ4n) is 3.23. The Kier molecular flexibility index (Phi) is 5.83. The van der Waals surface area contributed by atoms with E-state index in [1.807, 2.05) is 39.3 Å². The molecule has 2 aromatic heterocycles. The lowest BCUT2D eigenvalue weighted by atomic mass is 10.1. The van der Waals surface area contributed by atoms with Crippen LogP contribution in [-0.2, 0) is 10.3 Å². The van der Waals surface area contributed by atoms with Crippen LogP contribution in [0.3, 0.4) is 0 Å². The molecule has 1 aromatic carbocycles. The van der Waals surface area contributed by atoms with Gasteiger partial charge in [0.25, 0.3) is 17.0 Å². The van der Waals surface area contributed by atoms with Crippen molar-refractivity contribution in [1.29, 1.82) is 0 Å². The smallest absolute Gasteiger partial charge is 0.272 e. The number of hydrogen-bond acceptors (Lipinski definition) is 5. The number of aromatic nitrogens is 4. The second-order valence-corrected chi connectivity index (χ2v) is 8.56. The number of rotatable bonds is 5. The third-order valence-electron chi connectivity index (χ3n) is 4.71. The van der Waals surface area contributed by atoms with E-state index in [1.54, 1.807) is 12.1 Å². The number of nitrogens with one attached hydrogen (secondary N) is 4. The molecule has 31 heavy (non-hydrogen) atoms. The van der Waals surface area contributed by atoms with Gasteiger partial charge in [-0.1, -0.05) is 19.9 Å². The lowest BCUT2D eigenvalue weighted by Gasteiger charge is -2.23. The van der Waals surface area contributed by atoms with Crippen LogP contribution in [0.25, 0.3) is 10.8 Å². The second kappa shape index (κ2) is 8.21. The van der Waals surface area contributed by atoms with Gasteiger partial charge in [0, 0.05) is 5.69 Å². The number of nitrogens with zero attached hydrogens (tertiary/aromatic N) is 2. The van der Waals surface area contributed by atoms with Crippen molar-refractivity contribution in [3.8, 4) is 0 Å². The lowest BCUT2D eigenvalue weighted by Crippen LogP contribution is -2.34. The molecule has 0 bridgehead atoms. The Morgan fingerprint density at radius 1 is 1.13 bits per heavy atom. The molecule has 0 aliphatic heterocycles. The molecule has 0 fully saturated rings. The fraction of sp³-hybridized carbons (Fsp3) is 0.381. The summed E-state index contributed by atoms with van der Waals surface area (Å²) in [6.45, 7) is 9.71. The Morgan fingerprint density at radius 2 is 1.81 bits per heavy atom. The molecule has 164 valence electrons. The van der Waals surface area contributed by atoms with E-state index in [1.165, 1.54) is 12.1 Å². The van der Waals surface area contributed by atoms with Gasteiger partial charge < -0.3 is 10.6 Å². The minimum absolute atomic E-state index is 0.0661. The Balaban J connectivity index is 1.75. The number of benzene rings is 1. The first-order chi connectivity index (χ1) is 14.5. The molecule has 10 nitrogen and oxygen atoms in total. The molecular weight excluding hydrogens is 400 g/mol. The van der Waals surface area contributed by atoms with Crippen molar-refractivity contribution in [3.63, 3.8) is 0 Å². The molecular formula is C21H26N6O4. The predicted molar refractivity (Wildman–Crippen MR) is 117 cm³/mol. The zero-order valence-corrected chi connectivity index (χ0v) is 18.1. The van der Waals surface area contributed by atoms with Crippen LogP contribution in [0.2, 0.25) is 0 Å². The van der Waals surface area contributed by atoms with Crippen LogP contribution in [0.5, 0.6) is 0 Å². The van der Waals surface area contributed by atoms with E-state index >= 15 is 0 Å². The molecule has 0 unspecified atom stereocenters. The molecule has 0 spiro atoms. The van der Waals surface area contributed by atoms with E-state index in [9.17, 15) is 19.2 Å². The highest BCUT2D eigenvalue weighted by Gasteiger charge is 2.23. The Hall–Kier alpha value is -3.69. The van der Waals surface area contributed by atoms with E-state index in [0.29, 0.717) is 0 Å². The zero-order valence-electron chi connectivity index (χ0n) is 18.1. The number of amides is 2. The van der Waals surface area contributed by atoms with E-state index in [-0.39, 0.29) is 40.2 Å². The van der Waals surface area contributed by atoms with Gasteiger partial charge in [-0.05, 0) is 44.9 Å². The quantitative estimate of drug-likeness (QED) is 0.491. The van der Waals surface area contributed by atoms with Crippen molar-refractivity contribution in [3.05, 3.63) is 56.4 Å². The van der Waals surface area contributed by atoms with Crippen LogP contribution in [-0.4, -0.2) is 38.3 Å². The summed E-state index contributed by atoms with van der Waals surface area (Å²) in [5.74, 6) is -0.851. The molecule has 0 saturated heterocycles. The summed E-state index contributed by atoms with van der Waals surface area (Å²) < 4.78 is 1.81. The average Bonchev–Trinajstić information content (AvgIpc) is 3.16. The van der Waals surface area contributed by atoms with Gasteiger partial charge in [-0.15, -0.1) is 0 Å². The number of H-pyrrole nitrogens is 2. The van der Waals surface area contributed by atoms with Crippen molar-refractivity contribution in [2.45, 2.75) is 46.1 Å². The number of hydrogen-bond donors (Lipinski definition) is 4. The van der Waals surface area contributed by atoms with Crippen molar-refractivity contribution >= 4 is 28.3 Å². The van der Waals surface area contributed by atoms with Crippen LogP contribution in [0.1, 0.15) is 56.7 Å². The second-order valence-electron chi connectivity index (χ2n) is 8.56. The maximum Gasteiger partial charge on any atom is 0.272 e. The molecule has 10 heteroatoms. The van der Waals surface area contributed by atoms with Gasteiger partial charge in [0.1, 0.15) is 5.69 Å². The van der Waals surface area contributed by atoms with Crippen LogP contribution >= 0.6 is 0 Å². The van der Waals surface area contributed by atoms with Gasteiger partial charge in [-0.3, -0.25) is 34.1 Å². The molecule has 2 heterocycles. The summed E-state index contributed by atoms with van der Waals surface area (Å²) in [4.78, 5) is 48.9. The Labute approximate surface area is 178 Å². The standard InChI is InChI=1S/C21H26N6O4/c1-11(2)15-9-14(26-27(15)21(3,4)5)19(30)22-10-16(28)23-13-8-6-7-12-17(13)20(31)25-24-18(12)29/h6-9,11H,10H2,1-5H3,(H,22,30)(H,23,28)(H,24,29)(H,25,31). The normalized spacial score (nSPS) is 11.7. The Morgan fingerprint density at radius 3 is 2.42 bits per heavy atom. The largest absolute Gasteiger partial charge is 0.342 e. The number of carbonyl (C=O) groups is 2. The number of fused-ring (bicyclic) bond motifs is 1. The monoisotopic (exact) mass is 426 g/mol. The van der Waals surface area contributed by atoms with Gasteiger partial charge in [0.05, 0.1) is 28.5 Å². The average molecular weight is 426 g/mol. The summed E-state index contributed by atoms with van der Waals surface area (Å²) in [7, 11) is 0. The first-order valence-electron chi connectivity index (χ1n) is 9.91. The van der Waals surface area contributed by atoms with Crippen LogP contribution in [0.15, 0.2) is 33.9 Å². The number of carbonyl (C=O) groups excluding carboxylic acids is 2. The van der Waals surface area contributed by atoms with Gasteiger partial charge in [0.15, 0.2) is 0 Å². The zero-order chi connectivity index (χ0) is 22.9. The van der Waals surface area contributed by atoms with Crippen molar-refractivity contribution in [2.24, 2.45) is 0 Å². The topological polar surface area (TPSA) is 142 Å². The fourth-order valence-corrected chi connectivity index (χ4v) is 3.23. The van der Waals surface area contributed by atoms with E-state index in [0.717, 1.165) is 5.69 Å².